The van der Waals surface area contributed by atoms with E-state index in [1.54, 1.807) is 0 Å². The monoisotopic (exact) mass is 302 g/mol. The summed E-state index contributed by atoms with van der Waals surface area (Å²) in [5.41, 5.74) is 11.7. The molecule has 0 bridgehead atoms. The van der Waals surface area contributed by atoms with Gasteiger partial charge < -0.3 is 11.1 Å². The highest BCUT2D eigenvalue weighted by molar-refractivity contribution is 5.92. The summed E-state index contributed by atoms with van der Waals surface area (Å²) >= 11 is 0. The Kier molecular flexibility index (Phi) is 4.11. The number of nitrogen functional groups attached to an aromatic ring is 1. The summed E-state index contributed by atoms with van der Waals surface area (Å²) in [5.74, 6) is -0.0827. The molecule has 0 saturated heterocycles. The number of hydrogen-bond acceptors (Lipinski definition) is 2. The molecular weight excluding hydrogens is 284 g/mol. The molecule has 3 N–H and O–H groups in total. The van der Waals surface area contributed by atoms with E-state index in [1.165, 1.54) is 6.92 Å². The highest BCUT2D eigenvalue weighted by Gasteiger charge is 2.09. The van der Waals surface area contributed by atoms with Crippen molar-refractivity contribution in [1.82, 2.24) is 0 Å². The number of hydrogen-bond donors (Lipinski definition) is 2. The molecule has 0 fully saturated rings. The zero-order valence-corrected chi connectivity index (χ0v) is 12.9. The van der Waals surface area contributed by atoms with Gasteiger partial charge in [0, 0.05) is 18.3 Å². The summed E-state index contributed by atoms with van der Waals surface area (Å²) in [5, 5.41) is 2.84. The summed E-state index contributed by atoms with van der Waals surface area (Å²) in [6.45, 7) is 1.51. The second-order valence-electron chi connectivity index (χ2n) is 5.43. The number of nitrogens with one attached hydrogen (secondary N) is 1. The van der Waals surface area contributed by atoms with E-state index in [0.29, 0.717) is 0 Å². The number of anilines is 2. The Bertz CT molecular complexity index is 824. The van der Waals surface area contributed by atoms with Gasteiger partial charge in [-0.15, -0.1) is 0 Å². The van der Waals surface area contributed by atoms with Gasteiger partial charge in [-0.05, 0) is 46.5 Å². The molecule has 3 rings (SSSR count). The van der Waals surface area contributed by atoms with Gasteiger partial charge in [0.1, 0.15) is 0 Å². The van der Waals surface area contributed by atoms with Gasteiger partial charge in [0.25, 0.3) is 0 Å². The van der Waals surface area contributed by atoms with E-state index >= 15 is 0 Å². The molecule has 114 valence electrons. The van der Waals surface area contributed by atoms with Gasteiger partial charge in [0.05, 0.1) is 0 Å². The van der Waals surface area contributed by atoms with Crippen LogP contribution in [0.2, 0.25) is 0 Å². The van der Waals surface area contributed by atoms with Crippen LogP contribution in [0.15, 0.2) is 72.8 Å². The van der Waals surface area contributed by atoms with Crippen LogP contribution in [0.5, 0.6) is 0 Å². The van der Waals surface area contributed by atoms with Crippen LogP contribution in [0.25, 0.3) is 22.3 Å². The SMILES string of the molecule is CC(=O)Nc1ccc(-c2ccccc2)c(-c2ccc(N)cc2)c1. The Morgan fingerprint density at radius 3 is 2.13 bits per heavy atom. The number of carbonyl (C=O) groups excluding carboxylic acids is 1. The van der Waals surface area contributed by atoms with Crippen molar-refractivity contribution in [2.75, 3.05) is 11.1 Å². The lowest BCUT2D eigenvalue weighted by molar-refractivity contribution is -0.114. The Labute approximate surface area is 135 Å². The fourth-order valence-corrected chi connectivity index (χ4v) is 2.60. The van der Waals surface area contributed by atoms with Crippen LogP contribution in [0.4, 0.5) is 11.4 Å². The predicted molar refractivity (Wildman–Crippen MR) is 96.0 cm³/mol. The number of amides is 1. The van der Waals surface area contributed by atoms with Crippen LogP contribution in [-0.4, -0.2) is 5.91 Å². The fraction of sp³-hybridized carbons (Fsp3) is 0.0500. The second kappa shape index (κ2) is 6.36. The van der Waals surface area contributed by atoms with Gasteiger partial charge >= 0.3 is 0 Å². The molecule has 0 aliphatic heterocycles. The van der Waals surface area contributed by atoms with E-state index in [-0.39, 0.29) is 5.91 Å². The third kappa shape index (κ3) is 3.40. The minimum absolute atomic E-state index is 0.0827. The third-order valence-electron chi connectivity index (χ3n) is 3.65. The lowest BCUT2D eigenvalue weighted by Crippen LogP contribution is -2.05. The first-order chi connectivity index (χ1) is 11.1. The average molecular weight is 302 g/mol. The Balaban J connectivity index is 2.15. The lowest BCUT2D eigenvalue weighted by Gasteiger charge is -2.13. The molecule has 3 nitrogen and oxygen atoms in total. The molecule has 0 heterocycles. The molecule has 3 aromatic carbocycles. The fourth-order valence-electron chi connectivity index (χ4n) is 2.60. The summed E-state index contributed by atoms with van der Waals surface area (Å²) in [4.78, 5) is 11.3. The summed E-state index contributed by atoms with van der Waals surface area (Å²) in [7, 11) is 0. The van der Waals surface area contributed by atoms with Gasteiger partial charge in [0.2, 0.25) is 5.91 Å². The molecule has 0 atom stereocenters. The molecule has 1 amide bonds. The Morgan fingerprint density at radius 2 is 1.48 bits per heavy atom. The number of nitrogens with two attached hydrogens (primary N) is 1. The number of benzene rings is 3. The second-order valence-corrected chi connectivity index (χ2v) is 5.43. The van der Waals surface area contributed by atoms with Crippen molar-refractivity contribution in [3.8, 4) is 22.3 Å². The van der Waals surface area contributed by atoms with Crippen molar-refractivity contribution < 1.29 is 4.79 Å². The van der Waals surface area contributed by atoms with E-state index in [4.69, 9.17) is 5.73 Å². The highest BCUT2D eigenvalue weighted by Crippen LogP contribution is 2.34. The molecule has 0 saturated carbocycles. The molecular formula is C20H18N2O. The highest BCUT2D eigenvalue weighted by atomic mass is 16.1. The molecule has 0 aromatic heterocycles. The molecule has 0 radical (unpaired) electrons. The van der Waals surface area contributed by atoms with Crippen molar-refractivity contribution in [2.24, 2.45) is 0 Å². The molecule has 0 spiro atoms. The minimum atomic E-state index is -0.0827. The summed E-state index contributed by atoms with van der Waals surface area (Å²) in [6.07, 6.45) is 0. The van der Waals surface area contributed by atoms with Crippen molar-refractivity contribution in [3.05, 3.63) is 72.8 Å². The molecule has 0 aliphatic carbocycles. The van der Waals surface area contributed by atoms with E-state index < -0.39 is 0 Å². The van der Waals surface area contributed by atoms with Crippen LogP contribution in [-0.2, 0) is 4.79 Å². The van der Waals surface area contributed by atoms with Crippen LogP contribution < -0.4 is 11.1 Å². The molecule has 0 unspecified atom stereocenters. The maximum Gasteiger partial charge on any atom is 0.221 e. The zero-order chi connectivity index (χ0) is 16.2. The largest absolute Gasteiger partial charge is 0.399 e. The number of carbonyl (C=O) groups is 1. The predicted octanol–water partition coefficient (Wildman–Crippen LogP) is 4.56. The Hall–Kier alpha value is -3.07. The molecule has 0 aliphatic rings. The molecule has 3 aromatic rings. The lowest BCUT2D eigenvalue weighted by atomic mass is 9.94. The third-order valence-corrected chi connectivity index (χ3v) is 3.65. The minimum Gasteiger partial charge on any atom is -0.399 e. The van der Waals surface area contributed by atoms with Crippen molar-refractivity contribution in [2.45, 2.75) is 6.92 Å². The maximum absolute atomic E-state index is 11.3. The van der Waals surface area contributed by atoms with Gasteiger partial charge in [-0.3, -0.25) is 4.79 Å². The zero-order valence-electron chi connectivity index (χ0n) is 12.9. The van der Waals surface area contributed by atoms with Crippen LogP contribution in [0, 0.1) is 0 Å². The number of rotatable bonds is 3. The average Bonchev–Trinajstić information content (AvgIpc) is 2.56. The van der Waals surface area contributed by atoms with Gasteiger partial charge in [-0.1, -0.05) is 48.5 Å². The molecule has 3 heteroatoms. The van der Waals surface area contributed by atoms with E-state index in [0.717, 1.165) is 33.6 Å². The summed E-state index contributed by atoms with van der Waals surface area (Å²) in [6, 6.07) is 23.9. The van der Waals surface area contributed by atoms with Crippen LogP contribution in [0.1, 0.15) is 6.92 Å². The van der Waals surface area contributed by atoms with E-state index in [2.05, 4.69) is 17.4 Å². The Morgan fingerprint density at radius 1 is 0.826 bits per heavy atom. The topological polar surface area (TPSA) is 55.1 Å². The van der Waals surface area contributed by atoms with Crippen molar-refractivity contribution >= 4 is 17.3 Å². The van der Waals surface area contributed by atoms with Crippen LogP contribution in [0.3, 0.4) is 0 Å². The first-order valence-corrected chi connectivity index (χ1v) is 7.46. The smallest absolute Gasteiger partial charge is 0.221 e. The van der Waals surface area contributed by atoms with E-state index in [1.807, 2.05) is 60.7 Å². The van der Waals surface area contributed by atoms with Gasteiger partial charge in [0.15, 0.2) is 0 Å². The quantitative estimate of drug-likeness (QED) is 0.697. The van der Waals surface area contributed by atoms with Crippen LogP contribution >= 0.6 is 0 Å². The van der Waals surface area contributed by atoms with Gasteiger partial charge in [-0.2, -0.15) is 0 Å². The maximum atomic E-state index is 11.3. The normalized spacial score (nSPS) is 10.3. The first-order valence-electron chi connectivity index (χ1n) is 7.46. The van der Waals surface area contributed by atoms with Crippen molar-refractivity contribution in [3.63, 3.8) is 0 Å². The first kappa shape index (κ1) is 14.9. The summed E-state index contributed by atoms with van der Waals surface area (Å²) < 4.78 is 0. The van der Waals surface area contributed by atoms with E-state index in [9.17, 15) is 4.79 Å². The van der Waals surface area contributed by atoms with Crippen molar-refractivity contribution in [1.29, 1.82) is 0 Å². The molecule has 23 heavy (non-hydrogen) atoms. The standard InChI is InChI=1S/C20H18N2O/c1-14(23)22-18-11-12-19(15-5-3-2-4-6-15)20(13-18)16-7-9-17(21)10-8-16/h2-13H,21H2,1H3,(H,22,23). The van der Waals surface area contributed by atoms with Gasteiger partial charge in [-0.25, -0.2) is 0 Å².